The van der Waals surface area contributed by atoms with Crippen molar-refractivity contribution in [1.29, 1.82) is 0 Å². The molecule has 0 N–H and O–H groups in total. The van der Waals surface area contributed by atoms with E-state index < -0.39 is 42.4 Å². The molecule has 1 heterocycles. The van der Waals surface area contributed by atoms with Gasteiger partial charge in [0.05, 0.1) is 22.5 Å². The maximum atomic E-state index is 13.2. The summed E-state index contributed by atoms with van der Waals surface area (Å²) in [7, 11) is 0. The van der Waals surface area contributed by atoms with Gasteiger partial charge in [0.15, 0.2) is 0 Å². The third-order valence-corrected chi connectivity index (χ3v) is 6.99. The fourth-order valence-corrected chi connectivity index (χ4v) is 5.61. The summed E-state index contributed by atoms with van der Waals surface area (Å²) in [5.41, 5.74) is -0.198. The van der Waals surface area contributed by atoms with Gasteiger partial charge in [-0.15, -0.1) is 0 Å². The Bertz CT molecular complexity index is 927. The Hall–Kier alpha value is -2.35. The number of amides is 3. The molecule has 2 bridgehead atoms. The minimum atomic E-state index is -5.18. The van der Waals surface area contributed by atoms with E-state index in [1.165, 1.54) is 24.3 Å². The summed E-state index contributed by atoms with van der Waals surface area (Å²) in [6.45, 7) is -0.804. The summed E-state index contributed by atoms with van der Waals surface area (Å²) in [5, 5.41) is -0.0791. The first kappa shape index (κ1) is 18.7. The number of anilines is 1. The van der Waals surface area contributed by atoms with Crippen molar-refractivity contribution < 1.29 is 27.6 Å². The van der Waals surface area contributed by atoms with E-state index in [2.05, 4.69) is 0 Å². The van der Waals surface area contributed by atoms with Gasteiger partial charge in [-0.2, -0.15) is 13.2 Å². The minimum absolute atomic E-state index is 0.0523. The summed E-state index contributed by atoms with van der Waals surface area (Å²) in [6, 6.07) is 5.55. The molecule has 1 aromatic carbocycles. The van der Waals surface area contributed by atoms with E-state index in [-0.39, 0.29) is 22.5 Å². The molecular weight excluding hydrogens is 409 g/mol. The average molecular weight is 425 g/mol. The predicted octanol–water partition coefficient (Wildman–Crippen LogP) is 3.25. The van der Waals surface area contributed by atoms with Crippen molar-refractivity contribution in [1.82, 2.24) is 4.90 Å². The van der Waals surface area contributed by atoms with Gasteiger partial charge in [-0.05, 0) is 42.2 Å². The van der Waals surface area contributed by atoms with Crippen LogP contribution >= 0.6 is 11.6 Å². The van der Waals surface area contributed by atoms with E-state index in [1.54, 1.807) is 0 Å². The fourth-order valence-electron chi connectivity index (χ4n) is 5.37. The zero-order valence-electron chi connectivity index (χ0n) is 15.0. The largest absolute Gasteiger partial charge is 0.471 e. The normalized spacial score (nSPS) is 34.3. The van der Waals surface area contributed by atoms with Gasteiger partial charge in [0.2, 0.25) is 11.8 Å². The van der Waals surface area contributed by atoms with Crippen LogP contribution in [0.25, 0.3) is 0 Å². The summed E-state index contributed by atoms with van der Waals surface area (Å²) < 4.78 is 39.7. The van der Waals surface area contributed by atoms with Crippen LogP contribution in [-0.4, -0.2) is 35.5 Å². The second-order valence-corrected chi connectivity index (χ2v) is 8.49. The van der Waals surface area contributed by atoms with Gasteiger partial charge >= 0.3 is 12.1 Å². The number of benzene rings is 1. The summed E-state index contributed by atoms with van der Waals surface area (Å²) >= 11 is 6.01. The van der Waals surface area contributed by atoms with Crippen LogP contribution in [0.4, 0.5) is 18.9 Å². The van der Waals surface area contributed by atoms with Crippen LogP contribution < -0.4 is 4.90 Å². The second-order valence-electron chi connectivity index (χ2n) is 8.08. The average Bonchev–Trinajstić information content (AvgIpc) is 3.45. The van der Waals surface area contributed by atoms with Crippen LogP contribution in [-0.2, 0) is 14.4 Å². The van der Waals surface area contributed by atoms with Gasteiger partial charge < -0.3 is 0 Å². The highest BCUT2D eigenvalue weighted by atomic mass is 35.5. The summed E-state index contributed by atoms with van der Waals surface area (Å²) in [5.74, 6) is -3.63. The van der Waals surface area contributed by atoms with Gasteiger partial charge in [-0.1, -0.05) is 35.9 Å². The van der Waals surface area contributed by atoms with Crippen LogP contribution in [0.15, 0.2) is 36.4 Å². The van der Waals surface area contributed by atoms with E-state index in [9.17, 15) is 27.6 Å². The monoisotopic (exact) mass is 424 g/mol. The molecule has 1 aliphatic heterocycles. The minimum Gasteiger partial charge on any atom is -0.284 e. The third kappa shape index (κ3) is 2.64. The standard InChI is InChI=1S/C20H16ClF3N2O3/c21-13-3-1-2-4-14(13)25(19(29)20(22,23)24)8-26-17(27)15-9-5-6-10(12-7-11(9)12)16(15)18(26)28/h1-6,9-12,15-16H,7-8H2/t9-,10-,11-,12+,15-,16+/m0/s1. The van der Waals surface area contributed by atoms with Crippen LogP contribution in [0.2, 0.25) is 5.02 Å². The maximum Gasteiger partial charge on any atom is 0.471 e. The summed E-state index contributed by atoms with van der Waals surface area (Å²) in [6.07, 6.45) is -0.253. The smallest absolute Gasteiger partial charge is 0.284 e. The van der Waals surface area contributed by atoms with Crippen LogP contribution in [0, 0.1) is 35.5 Å². The molecular formula is C20H16ClF3N2O3. The number of hydrogen-bond donors (Lipinski definition) is 0. The molecule has 0 radical (unpaired) electrons. The van der Waals surface area contributed by atoms with Gasteiger partial charge in [-0.25, -0.2) is 0 Å². The Labute approximate surface area is 169 Å². The quantitative estimate of drug-likeness (QED) is 0.553. The van der Waals surface area contributed by atoms with Crippen molar-refractivity contribution in [2.75, 3.05) is 11.6 Å². The number of alkyl halides is 3. The topological polar surface area (TPSA) is 57.7 Å². The first-order valence-corrected chi connectivity index (χ1v) is 9.74. The molecule has 2 saturated carbocycles. The molecule has 0 spiro atoms. The van der Waals surface area contributed by atoms with Gasteiger partial charge in [0, 0.05) is 0 Å². The Morgan fingerprint density at radius 1 is 1.07 bits per heavy atom. The van der Waals surface area contributed by atoms with Crippen molar-refractivity contribution >= 4 is 35.0 Å². The van der Waals surface area contributed by atoms with E-state index in [1.807, 2.05) is 12.2 Å². The van der Waals surface area contributed by atoms with Gasteiger partial charge in [-0.3, -0.25) is 24.2 Å². The number of hydrogen-bond acceptors (Lipinski definition) is 3. The Morgan fingerprint density at radius 3 is 2.14 bits per heavy atom. The number of nitrogens with zero attached hydrogens (tertiary/aromatic N) is 2. The van der Waals surface area contributed by atoms with Gasteiger partial charge in [0.25, 0.3) is 0 Å². The molecule has 6 atom stereocenters. The molecule has 0 unspecified atom stereocenters. The predicted molar refractivity (Wildman–Crippen MR) is 96.4 cm³/mol. The Kier molecular flexibility index (Phi) is 3.91. The molecule has 1 saturated heterocycles. The number of imide groups is 1. The number of allylic oxidation sites excluding steroid dienone is 2. The number of rotatable bonds is 3. The van der Waals surface area contributed by atoms with E-state index in [0.29, 0.717) is 16.7 Å². The zero-order valence-corrected chi connectivity index (χ0v) is 15.7. The van der Waals surface area contributed by atoms with E-state index in [4.69, 9.17) is 11.6 Å². The lowest BCUT2D eigenvalue weighted by Crippen LogP contribution is -2.49. The number of para-hydroxylation sites is 1. The molecule has 9 heteroatoms. The highest BCUT2D eigenvalue weighted by Gasteiger charge is 2.67. The molecule has 29 heavy (non-hydrogen) atoms. The van der Waals surface area contributed by atoms with Crippen molar-refractivity contribution in [2.45, 2.75) is 12.6 Å². The lowest BCUT2D eigenvalue weighted by molar-refractivity contribution is -0.171. The Balaban J connectivity index is 1.48. The molecule has 3 fully saturated rings. The lowest BCUT2D eigenvalue weighted by atomic mass is 9.63. The number of likely N-dealkylation sites (tertiary alicyclic amines) is 1. The molecule has 3 amide bonds. The van der Waals surface area contributed by atoms with Crippen molar-refractivity contribution in [3.63, 3.8) is 0 Å². The summed E-state index contributed by atoms with van der Waals surface area (Å²) in [4.78, 5) is 39.4. The van der Waals surface area contributed by atoms with Gasteiger partial charge in [0.1, 0.15) is 6.67 Å². The first-order valence-electron chi connectivity index (χ1n) is 9.37. The van der Waals surface area contributed by atoms with Crippen LogP contribution in [0.3, 0.4) is 0 Å². The van der Waals surface area contributed by atoms with E-state index in [0.717, 1.165) is 11.3 Å². The lowest BCUT2D eigenvalue weighted by Gasteiger charge is -2.37. The molecule has 6 rings (SSSR count). The van der Waals surface area contributed by atoms with Crippen molar-refractivity contribution in [3.8, 4) is 0 Å². The molecule has 5 nitrogen and oxygen atoms in total. The number of halogens is 4. The zero-order chi connectivity index (χ0) is 20.7. The van der Waals surface area contributed by atoms with E-state index >= 15 is 0 Å². The fraction of sp³-hybridized carbons (Fsp3) is 0.450. The highest BCUT2D eigenvalue weighted by molar-refractivity contribution is 6.33. The molecule has 5 aliphatic rings. The first-order chi connectivity index (χ1) is 13.7. The van der Waals surface area contributed by atoms with Crippen LogP contribution in [0.5, 0.6) is 0 Å². The van der Waals surface area contributed by atoms with Crippen molar-refractivity contribution in [2.24, 2.45) is 35.5 Å². The number of carbonyl (C=O) groups is 3. The molecule has 0 aromatic heterocycles. The number of carbonyl (C=O) groups excluding carboxylic acids is 3. The molecule has 4 aliphatic carbocycles. The highest BCUT2D eigenvalue weighted by Crippen LogP contribution is 2.65. The van der Waals surface area contributed by atoms with Crippen molar-refractivity contribution in [3.05, 3.63) is 41.4 Å². The molecule has 1 aromatic rings. The maximum absolute atomic E-state index is 13.2. The third-order valence-electron chi connectivity index (χ3n) is 6.67. The Morgan fingerprint density at radius 2 is 1.62 bits per heavy atom. The van der Waals surface area contributed by atoms with Crippen LogP contribution in [0.1, 0.15) is 6.42 Å². The SMILES string of the molecule is O=C1[C@@H]2[C@H]3C=C[C@@H]([C@@H]4C[C@H]34)[C@@H]2C(=O)N1CN(C(=O)C(F)(F)F)c1ccccc1Cl. The second kappa shape index (κ2) is 6.08. The molecule has 152 valence electrons.